The van der Waals surface area contributed by atoms with Gasteiger partial charge in [-0.1, -0.05) is 18.2 Å². The molecule has 0 unspecified atom stereocenters. The lowest BCUT2D eigenvalue weighted by Crippen LogP contribution is -2.43. The highest BCUT2D eigenvalue weighted by atomic mass is 16.5. The molecule has 0 aliphatic carbocycles. The standard InChI is InChI=1S/C22H28N4O3/c1-16(2)23-21(27)15-26-13-6-3-7-14-29-19-11-5-4-9-17(19)24-20-12-8-10-18(25-20)22(26)28/h4-5,8-12,16H,3,6-7,13-15H2,1-2H3,(H,23,27)(H,24,25). The Kier molecular flexibility index (Phi) is 7.05. The number of nitrogens with one attached hydrogen (secondary N) is 2. The van der Waals surface area contributed by atoms with Gasteiger partial charge in [-0.3, -0.25) is 9.59 Å². The van der Waals surface area contributed by atoms with Crippen molar-refractivity contribution in [3.8, 4) is 5.75 Å². The van der Waals surface area contributed by atoms with Crippen LogP contribution >= 0.6 is 0 Å². The van der Waals surface area contributed by atoms with Crippen LogP contribution in [0, 0.1) is 0 Å². The number of benzene rings is 1. The van der Waals surface area contributed by atoms with Crippen LogP contribution in [0.3, 0.4) is 0 Å². The van der Waals surface area contributed by atoms with Gasteiger partial charge in [0.1, 0.15) is 17.3 Å². The van der Waals surface area contributed by atoms with Gasteiger partial charge in [-0.25, -0.2) is 4.98 Å². The molecule has 1 aromatic heterocycles. The van der Waals surface area contributed by atoms with E-state index in [1.807, 2.05) is 38.1 Å². The molecule has 2 N–H and O–H groups in total. The minimum atomic E-state index is -0.242. The average Bonchev–Trinajstić information content (AvgIpc) is 2.69. The SMILES string of the molecule is CC(C)NC(=O)CN1CCCCCOc2ccccc2Nc2cccc(n2)C1=O. The minimum absolute atomic E-state index is 0.0235. The summed E-state index contributed by atoms with van der Waals surface area (Å²) in [5, 5.41) is 6.08. The molecule has 0 spiro atoms. The topological polar surface area (TPSA) is 83.6 Å². The van der Waals surface area contributed by atoms with E-state index in [4.69, 9.17) is 4.74 Å². The molecule has 2 heterocycles. The number of ether oxygens (including phenoxy) is 1. The third-order valence-electron chi connectivity index (χ3n) is 4.52. The quantitative estimate of drug-likeness (QED) is 0.831. The van der Waals surface area contributed by atoms with E-state index < -0.39 is 0 Å². The molecule has 2 amide bonds. The molecule has 1 aliphatic heterocycles. The molecular formula is C22H28N4O3. The molecule has 3 rings (SSSR count). The summed E-state index contributed by atoms with van der Waals surface area (Å²) in [7, 11) is 0. The van der Waals surface area contributed by atoms with Crippen LogP contribution < -0.4 is 15.4 Å². The number of rotatable bonds is 3. The maximum absolute atomic E-state index is 13.1. The lowest BCUT2D eigenvalue weighted by molar-refractivity contribution is -0.122. The summed E-state index contributed by atoms with van der Waals surface area (Å²) in [6.07, 6.45) is 2.57. The molecule has 0 saturated carbocycles. The number of pyridine rings is 1. The van der Waals surface area contributed by atoms with Crippen LogP contribution in [0.25, 0.3) is 0 Å². The Morgan fingerprint density at radius 3 is 2.83 bits per heavy atom. The van der Waals surface area contributed by atoms with E-state index >= 15 is 0 Å². The number of hydrogen-bond donors (Lipinski definition) is 2. The second-order valence-electron chi connectivity index (χ2n) is 7.39. The fourth-order valence-electron chi connectivity index (χ4n) is 3.18. The van der Waals surface area contributed by atoms with Gasteiger partial charge in [-0.05, 0) is 57.4 Å². The molecule has 0 saturated heterocycles. The first-order valence-corrected chi connectivity index (χ1v) is 10.1. The highest BCUT2D eigenvalue weighted by molar-refractivity contribution is 5.95. The predicted molar refractivity (Wildman–Crippen MR) is 112 cm³/mol. The lowest BCUT2D eigenvalue weighted by Gasteiger charge is -2.23. The fourth-order valence-corrected chi connectivity index (χ4v) is 3.18. The van der Waals surface area contributed by atoms with Crippen LogP contribution in [-0.2, 0) is 4.79 Å². The van der Waals surface area contributed by atoms with E-state index in [9.17, 15) is 9.59 Å². The second kappa shape index (κ2) is 9.91. The zero-order valence-electron chi connectivity index (χ0n) is 17.0. The normalized spacial score (nSPS) is 15.0. The summed E-state index contributed by atoms with van der Waals surface area (Å²) in [6.45, 7) is 4.91. The third kappa shape index (κ3) is 5.94. The first kappa shape index (κ1) is 20.6. The number of para-hydroxylation sites is 2. The smallest absolute Gasteiger partial charge is 0.273 e. The summed E-state index contributed by atoms with van der Waals surface area (Å²) < 4.78 is 5.93. The van der Waals surface area contributed by atoms with E-state index in [0.29, 0.717) is 24.7 Å². The van der Waals surface area contributed by atoms with E-state index in [1.165, 1.54) is 0 Å². The van der Waals surface area contributed by atoms with E-state index in [2.05, 4.69) is 15.6 Å². The molecule has 0 fully saturated rings. The highest BCUT2D eigenvalue weighted by Crippen LogP contribution is 2.27. The summed E-state index contributed by atoms with van der Waals surface area (Å²) in [4.78, 5) is 31.4. The molecule has 0 atom stereocenters. The van der Waals surface area contributed by atoms with E-state index in [1.54, 1.807) is 23.1 Å². The summed E-state index contributed by atoms with van der Waals surface area (Å²) in [5.41, 5.74) is 1.11. The number of amides is 2. The molecule has 1 aromatic carbocycles. The molecule has 154 valence electrons. The van der Waals surface area contributed by atoms with E-state index in [-0.39, 0.29) is 24.4 Å². The predicted octanol–water partition coefficient (Wildman–Crippen LogP) is 3.35. The van der Waals surface area contributed by atoms with Crippen molar-refractivity contribution in [1.29, 1.82) is 0 Å². The van der Waals surface area contributed by atoms with Crippen molar-refractivity contribution in [1.82, 2.24) is 15.2 Å². The maximum Gasteiger partial charge on any atom is 0.273 e. The van der Waals surface area contributed by atoms with Crippen LogP contribution in [0.2, 0.25) is 0 Å². The Morgan fingerprint density at radius 1 is 1.17 bits per heavy atom. The number of carbonyl (C=O) groups is 2. The summed E-state index contributed by atoms with van der Waals surface area (Å²) in [5.74, 6) is 0.903. The van der Waals surface area contributed by atoms with E-state index in [0.717, 1.165) is 30.7 Å². The Bertz CT molecular complexity index is 853. The van der Waals surface area contributed by atoms with Crippen LogP contribution in [-0.4, -0.2) is 47.4 Å². The van der Waals surface area contributed by atoms with Crippen LogP contribution in [0.4, 0.5) is 11.5 Å². The number of hydrogen-bond acceptors (Lipinski definition) is 5. The Balaban J connectivity index is 1.86. The van der Waals surface area contributed by atoms with Gasteiger partial charge in [-0.2, -0.15) is 0 Å². The average molecular weight is 396 g/mol. The van der Waals surface area contributed by atoms with Crippen molar-refractivity contribution >= 4 is 23.3 Å². The number of nitrogens with zero attached hydrogens (tertiary/aromatic N) is 2. The third-order valence-corrected chi connectivity index (χ3v) is 4.52. The molecule has 0 radical (unpaired) electrons. The van der Waals surface area contributed by atoms with Crippen molar-refractivity contribution in [2.45, 2.75) is 39.2 Å². The monoisotopic (exact) mass is 396 g/mol. The van der Waals surface area contributed by atoms with Gasteiger partial charge < -0.3 is 20.3 Å². The Labute approximate surface area is 171 Å². The van der Waals surface area contributed by atoms with Crippen molar-refractivity contribution < 1.29 is 14.3 Å². The van der Waals surface area contributed by atoms with Gasteiger partial charge >= 0.3 is 0 Å². The number of fused-ring (bicyclic) bond motifs is 3. The van der Waals surface area contributed by atoms with Gasteiger partial charge in [0.25, 0.3) is 5.91 Å². The maximum atomic E-state index is 13.1. The zero-order chi connectivity index (χ0) is 20.6. The Morgan fingerprint density at radius 2 is 2.00 bits per heavy atom. The van der Waals surface area contributed by atoms with Crippen molar-refractivity contribution in [2.24, 2.45) is 0 Å². The molecule has 1 aliphatic rings. The number of carbonyl (C=O) groups excluding carboxylic acids is 2. The van der Waals surface area contributed by atoms with Gasteiger partial charge in [-0.15, -0.1) is 0 Å². The fraction of sp³-hybridized carbons (Fsp3) is 0.409. The molecule has 2 aromatic rings. The van der Waals surface area contributed by atoms with Gasteiger partial charge in [0, 0.05) is 12.6 Å². The lowest BCUT2D eigenvalue weighted by atomic mass is 10.2. The first-order chi connectivity index (χ1) is 14.0. The first-order valence-electron chi connectivity index (χ1n) is 10.1. The van der Waals surface area contributed by atoms with Crippen LogP contribution in [0.5, 0.6) is 5.75 Å². The zero-order valence-corrected chi connectivity index (χ0v) is 17.0. The van der Waals surface area contributed by atoms with Crippen LogP contribution in [0.1, 0.15) is 43.6 Å². The van der Waals surface area contributed by atoms with Gasteiger partial charge in [0.15, 0.2) is 0 Å². The van der Waals surface area contributed by atoms with Crippen molar-refractivity contribution in [3.05, 3.63) is 48.2 Å². The molecule has 29 heavy (non-hydrogen) atoms. The Hall–Kier alpha value is -3.09. The second-order valence-corrected chi connectivity index (χ2v) is 7.39. The van der Waals surface area contributed by atoms with Crippen molar-refractivity contribution in [3.63, 3.8) is 0 Å². The van der Waals surface area contributed by atoms with Gasteiger partial charge in [0.2, 0.25) is 5.91 Å². The number of anilines is 2. The van der Waals surface area contributed by atoms with Gasteiger partial charge in [0.05, 0.1) is 18.8 Å². The molecule has 7 heteroatoms. The van der Waals surface area contributed by atoms with Crippen LogP contribution in [0.15, 0.2) is 42.5 Å². The molecular weight excluding hydrogens is 368 g/mol. The largest absolute Gasteiger partial charge is 0.491 e. The molecule has 7 nitrogen and oxygen atoms in total. The summed E-state index contributed by atoms with van der Waals surface area (Å²) in [6, 6.07) is 13.0. The highest BCUT2D eigenvalue weighted by Gasteiger charge is 2.21. The van der Waals surface area contributed by atoms with Crippen molar-refractivity contribution in [2.75, 3.05) is 25.0 Å². The molecule has 2 bridgehead atoms. The number of aromatic nitrogens is 1. The minimum Gasteiger partial charge on any atom is -0.491 e. The summed E-state index contributed by atoms with van der Waals surface area (Å²) >= 11 is 0.